The topological polar surface area (TPSA) is 32.3 Å². The molecule has 0 bridgehead atoms. The van der Waals surface area contributed by atoms with Gasteiger partial charge in [0.25, 0.3) is 0 Å². The van der Waals surface area contributed by atoms with Crippen LogP contribution in [-0.4, -0.2) is 37.0 Å². The molecule has 1 aromatic rings. The van der Waals surface area contributed by atoms with Crippen LogP contribution in [0.15, 0.2) is 30.3 Å². The van der Waals surface area contributed by atoms with Gasteiger partial charge in [-0.2, -0.15) is 0 Å². The SMILES string of the molecule is O=C(C1CNCC1c1ccccc1)N1CCCCC1. The van der Waals surface area contributed by atoms with Crippen molar-refractivity contribution in [2.75, 3.05) is 26.2 Å². The van der Waals surface area contributed by atoms with E-state index in [1.54, 1.807) is 0 Å². The van der Waals surface area contributed by atoms with Crippen molar-refractivity contribution in [1.82, 2.24) is 10.2 Å². The first-order valence-electron chi connectivity index (χ1n) is 7.41. The average Bonchev–Trinajstić information content (AvgIpc) is 2.98. The lowest BCUT2D eigenvalue weighted by Gasteiger charge is -2.31. The molecular weight excluding hydrogens is 236 g/mol. The maximum atomic E-state index is 12.7. The van der Waals surface area contributed by atoms with Crippen LogP contribution in [0.25, 0.3) is 0 Å². The molecule has 1 amide bonds. The number of likely N-dealkylation sites (tertiary alicyclic amines) is 1. The Labute approximate surface area is 115 Å². The fourth-order valence-electron chi connectivity index (χ4n) is 3.34. The number of carbonyl (C=O) groups is 1. The zero-order chi connectivity index (χ0) is 13.1. The second kappa shape index (κ2) is 5.74. The van der Waals surface area contributed by atoms with Crippen molar-refractivity contribution in [3.63, 3.8) is 0 Å². The van der Waals surface area contributed by atoms with E-state index in [0.29, 0.717) is 11.8 Å². The molecule has 2 aliphatic heterocycles. The van der Waals surface area contributed by atoms with E-state index < -0.39 is 0 Å². The van der Waals surface area contributed by atoms with Gasteiger partial charge in [-0.15, -0.1) is 0 Å². The Morgan fingerprint density at radius 2 is 1.79 bits per heavy atom. The third kappa shape index (κ3) is 2.66. The summed E-state index contributed by atoms with van der Waals surface area (Å²) in [5, 5.41) is 3.39. The van der Waals surface area contributed by atoms with Gasteiger partial charge in [0.05, 0.1) is 5.92 Å². The molecule has 2 aliphatic rings. The molecule has 0 aromatic heterocycles. The molecule has 0 saturated carbocycles. The van der Waals surface area contributed by atoms with E-state index in [0.717, 1.165) is 26.2 Å². The highest BCUT2D eigenvalue weighted by Gasteiger charge is 2.36. The lowest BCUT2D eigenvalue weighted by Crippen LogP contribution is -2.41. The van der Waals surface area contributed by atoms with Crippen LogP contribution in [0.1, 0.15) is 30.7 Å². The summed E-state index contributed by atoms with van der Waals surface area (Å²) in [6.07, 6.45) is 3.61. The summed E-state index contributed by atoms with van der Waals surface area (Å²) < 4.78 is 0. The van der Waals surface area contributed by atoms with Crippen LogP contribution in [0.5, 0.6) is 0 Å². The maximum absolute atomic E-state index is 12.7. The fraction of sp³-hybridized carbons (Fsp3) is 0.562. The Kier molecular flexibility index (Phi) is 3.83. The second-order valence-corrected chi connectivity index (χ2v) is 5.67. The standard InChI is InChI=1S/C16H22N2O/c19-16(18-9-5-2-6-10-18)15-12-17-11-14(15)13-7-3-1-4-8-13/h1,3-4,7-8,14-15,17H,2,5-6,9-12H2. The Bertz CT molecular complexity index is 426. The largest absolute Gasteiger partial charge is 0.342 e. The van der Waals surface area contributed by atoms with Gasteiger partial charge in [0.1, 0.15) is 0 Å². The molecule has 0 aliphatic carbocycles. The number of hydrogen-bond donors (Lipinski definition) is 1. The van der Waals surface area contributed by atoms with Crippen LogP contribution < -0.4 is 5.32 Å². The highest BCUT2D eigenvalue weighted by molar-refractivity contribution is 5.80. The third-order valence-electron chi connectivity index (χ3n) is 4.43. The zero-order valence-electron chi connectivity index (χ0n) is 11.3. The van der Waals surface area contributed by atoms with Crippen molar-refractivity contribution in [3.05, 3.63) is 35.9 Å². The number of rotatable bonds is 2. The van der Waals surface area contributed by atoms with Gasteiger partial charge in [-0.25, -0.2) is 0 Å². The van der Waals surface area contributed by atoms with Crippen LogP contribution in [-0.2, 0) is 4.79 Å². The van der Waals surface area contributed by atoms with Gasteiger partial charge in [0.2, 0.25) is 5.91 Å². The van der Waals surface area contributed by atoms with Gasteiger partial charge in [-0.3, -0.25) is 4.79 Å². The van der Waals surface area contributed by atoms with Gasteiger partial charge < -0.3 is 10.2 Å². The number of nitrogens with one attached hydrogen (secondary N) is 1. The lowest BCUT2D eigenvalue weighted by atomic mass is 9.87. The van der Waals surface area contributed by atoms with Crippen molar-refractivity contribution in [2.45, 2.75) is 25.2 Å². The molecule has 2 saturated heterocycles. The van der Waals surface area contributed by atoms with E-state index >= 15 is 0 Å². The molecule has 2 atom stereocenters. The number of piperidine rings is 1. The van der Waals surface area contributed by atoms with E-state index in [2.05, 4.69) is 34.5 Å². The van der Waals surface area contributed by atoms with Crippen LogP contribution in [0.2, 0.25) is 0 Å². The van der Waals surface area contributed by atoms with Crippen molar-refractivity contribution in [3.8, 4) is 0 Å². The highest BCUT2D eigenvalue weighted by atomic mass is 16.2. The number of hydrogen-bond acceptors (Lipinski definition) is 2. The smallest absolute Gasteiger partial charge is 0.227 e. The van der Waals surface area contributed by atoms with Crippen LogP contribution in [0.3, 0.4) is 0 Å². The minimum absolute atomic E-state index is 0.125. The third-order valence-corrected chi connectivity index (χ3v) is 4.43. The molecule has 2 unspecified atom stereocenters. The van der Waals surface area contributed by atoms with E-state index in [9.17, 15) is 4.79 Å². The predicted molar refractivity (Wildman–Crippen MR) is 76.0 cm³/mol. The Balaban J connectivity index is 1.74. The first-order valence-corrected chi connectivity index (χ1v) is 7.41. The summed E-state index contributed by atoms with van der Waals surface area (Å²) in [6.45, 7) is 3.66. The summed E-state index contributed by atoms with van der Waals surface area (Å²) in [7, 11) is 0. The van der Waals surface area contributed by atoms with E-state index in [1.165, 1.54) is 24.8 Å². The zero-order valence-corrected chi connectivity index (χ0v) is 11.3. The highest BCUT2D eigenvalue weighted by Crippen LogP contribution is 2.30. The molecule has 2 heterocycles. The average molecular weight is 258 g/mol. The molecule has 0 radical (unpaired) electrons. The summed E-state index contributed by atoms with van der Waals surface area (Å²) in [5.41, 5.74) is 1.29. The fourth-order valence-corrected chi connectivity index (χ4v) is 3.34. The Morgan fingerprint density at radius 3 is 2.53 bits per heavy atom. The van der Waals surface area contributed by atoms with Gasteiger partial charge in [-0.1, -0.05) is 30.3 Å². The van der Waals surface area contributed by atoms with Crippen LogP contribution in [0, 0.1) is 5.92 Å². The molecule has 0 spiro atoms. The van der Waals surface area contributed by atoms with E-state index in [-0.39, 0.29) is 5.92 Å². The monoisotopic (exact) mass is 258 g/mol. The summed E-state index contributed by atoms with van der Waals surface area (Å²) in [4.78, 5) is 14.8. The normalized spacial score (nSPS) is 27.5. The van der Waals surface area contributed by atoms with Crippen LogP contribution >= 0.6 is 0 Å². The van der Waals surface area contributed by atoms with Crippen molar-refractivity contribution in [1.29, 1.82) is 0 Å². The van der Waals surface area contributed by atoms with Gasteiger partial charge in [0, 0.05) is 32.1 Å². The number of carbonyl (C=O) groups excluding carboxylic acids is 1. The molecule has 1 N–H and O–H groups in total. The molecule has 3 nitrogen and oxygen atoms in total. The second-order valence-electron chi connectivity index (χ2n) is 5.67. The first kappa shape index (κ1) is 12.7. The molecule has 3 rings (SSSR count). The van der Waals surface area contributed by atoms with Crippen molar-refractivity contribution < 1.29 is 4.79 Å². The Hall–Kier alpha value is -1.35. The summed E-state index contributed by atoms with van der Waals surface area (Å²) in [6, 6.07) is 10.5. The lowest BCUT2D eigenvalue weighted by molar-refractivity contribution is -0.136. The minimum atomic E-state index is 0.125. The van der Waals surface area contributed by atoms with E-state index in [4.69, 9.17) is 0 Å². The molecule has 19 heavy (non-hydrogen) atoms. The minimum Gasteiger partial charge on any atom is -0.342 e. The number of amides is 1. The quantitative estimate of drug-likeness (QED) is 0.880. The molecule has 3 heteroatoms. The Morgan fingerprint density at radius 1 is 1.05 bits per heavy atom. The molecule has 2 fully saturated rings. The van der Waals surface area contributed by atoms with Gasteiger partial charge in [0.15, 0.2) is 0 Å². The van der Waals surface area contributed by atoms with Crippen molar-refractivity contribution in [2.24, 2.45) is 5.92 Å². The summed E-state index contributed by atoms with van der Waals surface area (Å²) in [5.74, 6) is 0.828. The van der Waals surface area contributed by atoms with Crippen molar-refractivity contribution >= 4 is 5.91 Å². The maximum Gasteiger partial charge on any atom is 0.227 e. The predicted octanol–water partition coefficient (Wildman–Crippen LogP) is 2.00. The summed E-state index contributed by atoms with van der Waals surface area (Å²) >= 11 is 0. The van der Waals surface area contributed by atoms with E-state index in [1.807, 2.05) is 6.07 Å². The number of nitrogens with zero attached hydrogens (tertiary/aromatic N) is 1. The van der Waals surface area contributed by atoms with Gasteiger partial charge >= 0.3 is 0 Å². The number of benzene rings is 1. The first-order chi connectivity index (χ1) is 9.36. The molecular formula is C16H22N2O. The molecule has 1 aromatic carbocycles. The molecule has 102 valence electrons. The van der Waals surface area contributed by atoms with Gasteiger partial charge in [-0.05, 0) is 24.8 Å². The van der Waals surface area contributed by atoms with Crippen LogP contribution in [0.4, 0.5) is 0 Å².